The van der Waals surface area contributed by atoms with Crippen molar-refractivity contribution in [3.63, 3.8) is 0 Å². The monoisotopic (exact) mass is 430 g/mol. The summed E-state index contributed by atoms with van der Waals surface area (Å²) in [6, 6.07) is 20.1. The van der Waals surface area contributed by atoms with Crippen LogP contribution in [-0.2, 0) is 10.8 Å². The van der Waals surface area contributed by atoms with E-state index in [1.807, 2.05) is 0 Å². The van der Waals surface area contributed by atoms with Crippen molar-refractivity contribution in [3.05, 3.63) is 66.0 Å². The summed E-state index contributed by atoms with van der Waals surface area (Å²) in [4.78, 5) is 0. The molecule has 2 aliphatic rings. The molecule has 162 valence electrons. The Labute approximate surface area is 194 Å². The van der Waals surface area contributed by atoms with Gasteiger partial charge in [-0.25, -0.2) is 9.36 Å². The summed E-state index contributed by atoms with van der Waals surface area (Å²) in [5.41, 5.74) is 11.1. The Morgan fingerprint density at radius 3 is 1.45 bits per heavy atom. The number of para-hydroxylation sites is 2. The predicted molar refractivity (Wildman–Crippen MR) is 138 cm³/mol. The van der Waals surface area contributed by atoms with E-state index in [1.54, 1.807) is 0 Å². The second kappa shape index (κ2) is 5.77. The van der Waals surface area contributed by atoms with Crippen molar-refractivity contribution in [2.45, 2.75) is 52.4 Å². The number of nitrogens with zero attached hydrogens (tertiary/aromatic N) is 4. The summed E-state index contributed by atoms with van der Waals surface area (Å²) in [5, 5.41) is 12.9. The highest BCUT2D eigenvalue weighted by Crippen LogP contribution is 2.36. The van der Waals surface area contributed by atoms with Crippen molar-refractivity contribution in [2.75, 3.05) is 0 Å². The largest absolute Gasteiger partial charge is 0.252 e. The van der Waals surface area contributed by atoms with E-state index >= 15 is 0 Å². The molecular formula is C28H27BN4. The quantitative estimate of drug-likeness (QED) is 0.340. The second-order valence-electron chi connectivity index (χ2n) is 11.7. The molecule has 4 nitrogen and oxygen atoms in total. The van der Waals surface area contributed by atoms with Gasteiger partial charge in [-0.1, -0.05) is 84.0 Å². The molecule has 5 aromatic rings. The van der Waals surface area contributed by atoms with Gasteiger partial charge in [-0.3, -0.25) is 0 Å². The van der Waals surface area contributed by atoms with E-state index < -0.39 is 0 Å². The molecule has 3 aromatic carbocycles. The number of rotatable bonds is 0. The van der Waals surface area contributed by atoms with Crippen LogP contribution in [0.2, 0.25) is 0 Å². The molecule has 7 rings (SSSR count). The molecule has 0 aliphatic carbocycles. The number of aromatic nitrogens is 4. The maximum Gasteiger partial charge on any atom is 0.252 e. The molecule has 0 fully saturated rings. The van der Waals surface area contributed by atoms with E-state index in [-0.39, 0.29) is 17.5 Å². The minimum atomic E-state index is -0.0334. The van der Waals surface area contributed by atoms with Crippen LogP contribution in [0.3, 0.4) is 0 Å². The van der Waals surface area contributed by atoms with E-state index in [2.05, 4.69) is 106 Å². The van der Waals surface area contributed by atoms with Gasteiger partial charge in [-0.15, -0.1) is 0 Å². The molecular weight excluding hydrogens is 403 g/mol. The number of benzene rings is 3. The zero-order chi connectivity index (χ0) is 22.9. The highest BCUT2D eigenvalue weighted by atomic mass is 15.3. The van der Waals surface area contributed by atoms with Crippen molar-refractivity contribution in [1.29, 1.82) is 0 Å². The fraction of sp³-hybridized carbons (Fsp3) is 0.286. The highest BCUT2D eigenvalue weighted by molar-refractivity contribution is 7.00. The number of fused-ring (bicyclic) bond motifs is 4. The van der Waals surface area contributed by atoms with Crippen LogP contribution in [0.1, 0.15) is 52.9 Å². The first-order chi connectivity index (χ1) is 15.7. The van der Waals surface area contributed by atoms with Gasteiger partial charge in [0.1, 0.15) is 0 Å². The van der Waals surface area contributed by atoms with Gasteiger partial charge in [0.05, 0.1) is 33.8 Å². The molecule has 0 saturated carbocycles. The van der Waals surface area contributed by atoms with Crippen LogP contribution < -0.4 is 16.4 Å². The summed E-state index contributed by atoms with van der Waals surface area (Å²) < 4.78 is 4.39. The zero-order valence-corrected chi connectivity index (χ0v) is 20.1. The molecule has 2 aliphatic heterocycles. The third-order valence-electron chi connectivity index (χ3n) is 7.32. The van der Waals surface area contributed by atoms with Crippen LogP contribution in [-0.4, -0.2) is 26.3 Å². The molecule has 4 heterocycles. The van der Waals surface area contributed by atoms with Gasteiger partial charge >= 0.3 is 0 Å². The predicted octanol–water partition coefficient (Wildman–Crippen LogP) is 4.10. The Balaban J connectivity index is 1.67. The van der Waals surface area contributed by atoms with Gasteiger partial charge in [-0.05, 0) is 28.5 Å². The van der Waals surface area contributed by atoms with Crippen LogP contribution in [0.25, 0.3) is 33.2 Å². The molecule has 0 N–H and O–H groups in total. The van der Waals surface area contributed by atoms with Crippen molar-refractivity contribution in [2.24, 2.45) is 0 Å². The van der Waals surface area contributed by atoms with E-state index in [1.165, 1.54) is 49.6 Å². The van der Waals surface area contributed by atoms with Crippen LogP contribution in [0.4, 0.5) is 0 Å². The summed E-state index contributed by atoms with van der Waals surface area (Å²) >= 11 is 0. The standard InChI is InChI=1S/C28H27BN4/c1-27(2,3)25-16-10-7-12-18-23(16)32(30-25)20-14-9-15-21-22(20)29(18)19-13-8-11-17-24(19)33(21)31-26(17)28(4,5)6/h7-15H,1-6H3. The Hall–Kier alpha value is -3.34. The van der Waals surface area contributed by atoms with Crippen LogP contribution in [0, 0.1) is 0 Å². The first-order valence-corrected chi connectivity index (χ1v) is 11.8. The van der Waals surface area contributed by atoms with Crippen molar-refractivity contribution >= 4 is 44.9 Å². The SMILES string of the molecule is CC(C)(C)c1nn2c3c(cccc13)B1c3c-2cccc3-n2nc(C(C)(C)C)c3cccc1c32. The lowest BCUT2D eigenvalue weighted by molar-refractivity contribution is 0.564. The van der Waals surface area contributed by atoms with Crippen molar-refractivity contribution < 1.29 is 0 Å². The van der Waals surface area contributed by atoms with Gasteiger partial charge < -0.3 is 0 Å². The second-order valence-corrected chi connectivity index (χ2v) is 11.7. The van der Waals surface area contributed by atoms with Crippen LogP contribution in [0.15, 0.2) is 54.6 Å². The minimum Gasteiger partial charge on any atom is -0.234 e. The third-order valence-corrected chi connectivity index (χ3v) is 7.32. The Morgan fingerprint density at radius 1 is 0.606 bits per heavy atom. The van der Waals surface area contributed by atoms with E-state index in [4.69, 9.17) is 10.2 Å². The first-order valence-electron chi connectivity index (χ1n) is 11.8. The smallest absolute Gasteiger partial charge is 0.234 e. The van der Waals surface area contributed by atoms with Crippen molar-refractivity contribution in [3.8, 4) is 11.4 Å². The maximum atomic E-state index is 5.20. The van der Waals surface area contributed by atoms with E-state index in [9.17, 15) is 0 Å². The summed E-state index contributed by atoms with van der Waals surface area (Å²) in [7, 11) is 0. The zero-order valence-electron chi connectivity index (χ0n) is 20.1. The molecule has 5 heteroatoms. The molecule has 0 unspecified atom stereocenters. The summed E-state index contributed by atoms with van der Waals surface area (Å²) in [5.74, 6) is 0. The first kappa shape index (κ1) is 19.2. The van der Waals surface area contributed by atoms with Gasteiger partial charge in [0.15, 0.2) is 0 Å². The van der Waals surface area contributed by atoms with Gasteiger partial charge in [0.25, 0.3) is 6.71 Å². The van der Waals surface area contributed by atoms with Gasteiger partial charge in [0.2, 0.25) is 0 Å². The van der Waals surface area contributed by atoms with Gasteiger partial charge in [0, 0.05) is 21.6 Å². The number of hydrogen-bond acceptors (Lipinski definition) is 2. The summed E-state index contributed by atoms with van der Waals surface area (Å²) in [6.07, 6.45) is 0. The Bertz CT molecular complexity index is 1520. The topological polar surface area (TPSA) is 35.6 Å². The lowest BCUT2D eigenvalue weighted by Crippen LogP contribution is -2.59. The lowest BCUT2D eigenvalue weighted by Gasteiger charge is -2.31. The molecule has 33 heavy (non-hydrogen) atoms. The molecule has 0 saturated heterocycles. The Kier molecular flexibility index (Phi) is 3.35. The maximum absolute atomic E-state index is 5.20. The van der Waals surface area contributed by atoms with Crippen molar-refractivity contribution in [1.82, 2.24) is 19.6 Å². The molecule has 0 bridgehead atoms. The van der Waals surface area contributed by atoms with Crippen LogP contribution >= 0.6 is 0 Å². The molecule has 0 atom stereocenters. The average Bonchev–Trinajstić information content (AvgIpc) is 3.34. The van der Waals surface area contributed by atoms with E-state index in [0.717, 1.165) is 11.4 Å². The van der Waals surface area contributed by atoms with Crippen LogP contribution in [0.5, 0.6) is 0 Å². The third kappa shape index (κ3) is 2.27. The number of hydrogen-bond donors (Lipinski definition) is 0. The Morgan fingerprint density at radius 2 is 1.03 bits per heavy atom. The molecule has 2 aromatic heterocycles. The molecule has 0 amide bonds. The fourth-order valence-corrected chi connectivity index (χ4v) is 5.99. The van der Waals surface area contributed by atoms with E-state index in [0.29, 0.717) is 0 Å². The summed E-state index contributed by atoms with van der Waals surface area (Å²) in [6.45, 7) is 13.7. The molecule has 0 spiro atoms. The lowest BCUT2D eigenvalue weighted by atomic mass is 9.34. The molecule has 0 radical (unpaired) electrons. The minimum absolute atomic E-state index is 0.0334. The van der Waals surface area contributed by atoms with Gasteiger partial charge in [-0.2, -0.15) is 10.2 Å². The fourth-order valence-electron chi connectivity index (χ4n) is 5.99. The average molecular weight is 430 g/mol. The highest BCUT2D eigenvalue weighted by Gasteiger charge is 2.41. The normalized spacial score (nSPS) is 14.3.